The van der Waals surface area contributed by atoms with Crippen LogP contribution in [0.3, 0.4) is 0 Å². The molecule has 26 heavy (non-hydrogen) atoms. The lowest BCUT2D eigenvalue weighted by Gasteiger charge is -2.23. The molecule has 3 N–H and O–H groups in total. The van der Waals surface area contributed by atoms with E-state index in [1.807, 2.05) is 54.6 Å². The minimum absolute atomic E-state index is 0. The van der Waals surface area contributed by atoms with Gasteiger partial charge in [-0.1, -0.05) is 78.9 Å². The Morgan fingerprint density at radius 2 is 1.23 bits per heavy atom. The van der Waals surface area contributed by atoms with Crippen molar-refractivity contribution in [3.05, 3.63) is 96.1 Å². The summed E-state index contributed by atoms with van der Waals surface area (Å²) in [5.41, 5.74) is 8.69. The van der Waals surface area contributed by atoms with E-state index in [4.69, 9.17) is 5.73 Å². The summed E-state index contributed by atoms with van der Waals surface area (Å²) in [6.07, 6.45) is -0.101. The Hall–Kier alpha value is -2.39. The predicted molar refractivity (Wildman–Crippen MR) is 112 cm³/mol. The summed E-state index contributed by atoms with van der Waals surface area (Å²) in [5.74, 6) is 0. The van der Waals surface area contributed by atoms with Gasteiger partial charge in [0.2, 0.25) is 0 Å². The van der Waals surface area contributed by atoms with Crippen molar-refractivity contribution in [2.45, 2.75) is 18.6 Å². The average Bonchev–Trinajstić information content (AvgIpc) is 2.66. The fourth-order valence-corrected chi connectivity index (χ4v) is 3.58. The average molecular weight is 364 g/mol. The molecule has 0 aliphatic heterocycles. The van der Waals surface area contributed by atoms with E-state index in [9.17, 15) is 5.11 Å². The molecule has 0 saturated carbocycles. The van der Waals surface area contributed by atoms with E-state index in [0.29, 0.717) is 6.42 Å². The van der Waals surface area contributed by atoms with E-state index in [-0.39, 0.29) is 12.4 Å². The molecule has 3 heteroatoms. The maximum Gasteiger partial charge on any atom is 0.0773 e. The molecule has 0 bridgehead atoms. The van der Waals surface area contributed by atoms with Crippen LogP contribution in [0.4, 0.5) is 0 Å². The smallest absolute Gasteiger partial charge is 0.0773 e. The quantitative estimate of drug-likeness (QED) is 0.500. The second-order valence-electron chi connectivity index (χ2n) is 6.52. The molecule has 4 aromatic rings. The van der Waals surface area contributed by atoms with Gasteiger partial charge in [-0.3, -0.25) is 0 Å². The minimum atomic E-state index is -0.642. The summed E-state index contributed by atoms with van der Waals surface area (Å²) in [4.78, 5) is 0. The van der Waals surface area contributed by atoms with E-state index in [1.165, 1.54) is 0 Å². The lowest BCUT2D eigenvalue weighted by atomic mass is 9.88. The number of halogens is 1. The first-order valence-electron chi connectivity index (χ1n) is 8.62. The SMILES string of the molecule is Cl.N[C@@H](c1c2ccccc2cc2ccccc12)[C@H](O)Cc1ccccc1. The predicted octanol–water partition coefficient (Wildman–Crippen LogP) is 5.02. The maximum atomic E-state index is 10.8. The van der Waals surface area contributed by atoms with E-state index in [0.717, 1.165) is 32.7 Å². The molecule has 2 nitrogen and oxygen atoms in total. The van der Waals surface area contributed by atoms with E-state index in [1.54, 1.807) is 0 Å². The lowest BCUT2D eigenvalue weighted by Crippen LogP contribution is -2.28. The van der Waals surface area contributed by atoms with Gasteiger partial charge in [0.1, 0.15) is 0 Å². The van der Waals surface area contributed by atoms with Gasteiger partial charge in [0, 0.05) is 6.42 Å². The Balaban J connectivity index is 0.00000196. The second kappa shape index (κ2) is 7.88. The summed E-state index contributed by atoms with van der Waals surface area (Å²) in [5, 5.41) is 15.3. The molecule has 0 heterocycles. The van der Waals surface area contributed by atoms with Crippen LogP contribution >= 0.6 is 12.4 Å². The summed E-state index contributed by atoms with van der Waals surface area (Å²) in [6.45, 7) is 0. The number of aliphatic hydroxyl groups is 1. The largest absolute Gasteiger partial charge is 0.391 e. The van der Waals surface area contributed by atoms with Gasteiger partial charge in [-0.25, -0.2) is 0 Å². The van der Waals surface area contributed by atoms with Crippen LogP contribution in [0.5, 0.6) is 0 Å². The highest BCUT2D eigenvalue weighted by atomic mass is 35.5. The van der Waals surface area contributed by atoms with E-state index < -0.39 is 12.1 Å². The number of fused-ring (bicyclic) bond motifs is 2. The third-order valence-corrected chi connectivity index (χ3v) is 4.85. The molecule has 0 aliphatic carbocycles. The maximum absolute atomic E-state index is 10.8. The van der Waals surface area contributed by atoms with Gasteiger partial charge in [0.05, 0.1) is 12.1 Å². The number of rotatable bonds is 4. The molecule has 0 spiro atoms. The van der Waals surface area contributed by atoms with Crippen molar-refractivity contribution >= 4 is 34.0 Å². The normalized spacial score (nSPS) is 13.3. The van der Waals surface area contributed by atoms with Gasteiger partial charge < -0.3 is 10.8 Å². The zero-order chi connectivity index (χ0) is 17.2. The summed E-state index contributed by atoms with van der Waals surface area (Å²) in [7, 11) is 0. The van der Waals surface area contributed by atoms with Crippen molar-refractivity contribution in [2.24, 2.45) is 5.73 Å². The Kier molecular flexibility index (Phi) is 5.58. The van der Waals surface area contributed by atoms with E-state index in [2.05, 4.69) is 30.3 Å². The number of hydrogen-bond donors (Lipinski definition) is 2. The first-order chi connectivity index (χ1) is 12.2. The van der Waals surface area contributed by atoms with E-state index >= 15 is 0 Å². The van der Waals surface area contributed by atoms with Crippen molar-refractivity contribution in [3.63, 3.8) is 0 Å². The molecule has 2 atom stereocenters. The monoisotopic (exact) mass is 363 g/mol. The van der Waals surface area contributed by atoms with Crippen molar-refractivity contribution in [2.75, 3.05) is 0 Å². The first kappa shape index (κ1) is 18.4. The molecule has 0 aromatic heterocycles. The fraction of sp³-hybridized carbons (Fsp3) is 0.130. The fourth-order valence-electron chi connectivity index (χ4n) is 3.58. The molecule has 0 saturated heterocycles. The zero-order valence-electron chi connectivity index (χ0n) is 14.4. The van der Waals surface area contributed by atoms with Crippen LogP contribution in [0.25, 0.3) is 21.5 Å². The molecule has 0 fully saturated rings. The van der Waals surface area contributed by atoms with Gasteiger partial charge in [0.15, 0.2) is 0 Å². The number of nitrogens with two attached hydrogens (primary N) is 1. The molecule has 0 unspecified atom stereocenters. The number of benzene rings is 4. The standard InChI is InChI=1S/C23H21NO.ClH/c24-23(21(25)14-16-8-2-1-3-9-16)22-19-12-6-4-10-17(19)15-18-11-5-7-13-20(18)22;/h1-13,15,21,23,25H,14,24H2;1H/t21-,23-;/m1./s1. The minimum Gasteiger partial charge on any atom is -0.391 e. The Morgan fingerprint density at radius 1 is 0.731 bits per heavy atom. The lowest BCUT2D eigenvalue weighted by molar-refractivity contribution is 0.146. The molecular weight excluding hydrogens is 342 g/mol. The van der Waals surface area contributed by atoms with Gasteiger partial charge >= 0.3 is 0 Å². The van der Waals surface area contributed by atoms with Crippen LogP contribution in [-0.2, 0) is 6.42 Å². The van der Waals surface area contributed by atoms with Crippen LogP contribution in [0.15, 0.2) is 84.9 Å². The molecule has 132 valence electrons. The van der Waals surface area contributed by atoms with Crippen molar-refractivity contribution in [1.82, 2.24) is 0 Å². The number of hydrogen-bond acceptors (Lipinski definition) is 2. The first-order valence-corrected chi connectivity index (χ1v) is 8.62. The molecular formula is C23H22ClNO. The summed E-state index contributed by atoms with van der Waals surface area (Å²) >= 11 is 0. The molecule has 4 aromatic carbocycles. The van der Waals surface area contributed by atoms with Crippen LogP contribution in [0, 0.1) is 0 Å². The second-order valence-corrected chi connectivity index (χ2v) is 6.52. The van der Waals surface area contributed by atoms with Crippen molar-refractivity contribution in [1.29, 1.82) is 0 Å². The highest BCUT2D eigenvalue weighted by Crippen LogP contribution is 2.33. The summed E-state index contributed by atoms with van der Waals surface area (Å²) in [6, 6.07) is 28.2. The molecule has 4 rings (SSSR count). The Labute approximate surface area is 159 Å². The van der Waals surface area contributed by atoms with Gasteiger partial charge in [-0.15, -0.1) is 12.4 Å². The van der Waals surface area contributed by atoms with Gasteiger partial charge in [-0.05, 0) is 38.7 Å². The summed E-state index contributed by atoms with van der Waals surface area (Å²) < 4.78 is 0. The van der Waals surface area contributed by atoms with Crippen molar-refractivity contribution < 1.29 is 5.11 Å². The Morgan fingerprint density at radius 3 is 1.81 bits per heavy atom. The van der Waals surface area contributed by atoms with Crippen LogP contribution in [0.2, 0.25) is 0 Å². The van der Waals surface area contributed by atoms with Crippen LogP contribution in [0.1, 0.15) is 17.2 Å². The highest BCUT2D eigenvalue weighted by molar-refractivity contribution is 6.02. The highest BCUT2D eigenvalue weighted by Gasteiger charge is 2.21. The van der Waals surface area contributed by atoms with Gasteiger partial charge in [0.25, 0.3) is 0 Å². The van der Waals surface area contributed by atoms with Crippen molar-refractivity contribution in [3.8, 4) is 0 Å². The third kappa shape index (κ3) is 3.45. The number of aliphatic hydroxyl groups excluding tert-OH is 1. The topological polar surface area (TPSA) is 46.2 Å². The molecule has 0 aliphatic rings. The molecule has 0 radical (unpaired) electrons. The van der Waals surface area contributed by atoms with Crippen LogP contribution in [-0.4, -0.2) is 11.2 Å². The van der Waals surface area contributed by atoms with Gasteiger partial charge in [-0.2, -0.15) is 0 Å². The third-order valence-electron chi connectivity index (χ3n) is 4.85. The zero-order valence-corrected chi connectivity index (χ0v) is 15.2. The van der Waals surface area contributed by atoms with Crippen LogP contribution < -0.4 is 5.73 Å². The molecule has 0 amide bonds. The Bertz CT molecular complexity index is 962.